The minimum absolute atomic E-state index is 0.310. The first-order chi connectivity index (χ1) is 14.1. The van der Waals surface area contributed by atoms with Gasteiger partial charge in [-0.1, -0.05) is 11.6 Å². The summed E-state index contributed by atoms with van der Waals surface area (Å²) in [5.41, 5.74) is 2.39. The molecule has 8 nitrogen and oxygen atoms in total. The Kier molecular flexibility index (Phi) is 5.05. The molecule has 0 bridgehead atoms. The Balaban J connectivity index is 1.89. The zero-order valence-electron chi connectivity index (χ0n) is 15.2. The highest BCUT2D eigenvalue weighted by atomic mass is 35.5. The van der Waals surface area contributed by atoms with Gasteiger partial charge in [-0.3, -0.25) is 9.55 Å². The van der Waals surface area contributed by atoms with Crippen molar-refractivity contribution in [3.8, 4) is 17.1 Å². The number of nitrogens with one attached hydrogen (secondary N) is 2. The summed E-state index contributed by atoms with van der Waals surface area (Å²) in [6.07, 6.45) is 7.48. The molecule has 0 unspecified atom stereocenters. The van der Waals surface area contributed by atoms with E-state index in [-0.39, 0.29) is 6.03 Å². The largest absolute Gasteiger partial charge is 0.338 e. The second-order valence-corrected chi connectivity index (χ2v) is 6.47. The fourth-order valence-corrected chi connectivity index (χ4v) is 2.96. The van der Waals surface area contributed by atoms with Crippen LogP contribution < -0.4 is 10.6 Å². The quantitative estimate of drug-likeness (QED) is 0.497. The Bertz CT molecular complexity index is 1190. The number of pyridine rings is 2. The predicted octanol–water partition coefficient (Wildman–Crippen LogP) is 3.81. The first-order valence-electron chi connectivity index (χ1n) is 8.71. The molecular weight excluding hydrogens is 397 g/mol. The molecule has 2 N–H and O–H groups in total. The van der Waals surface area contributed by atoms with Gasteiger partial charge in [-0.2, -0.15) is 4.39 Å². The summed E-state index contributed by atoms with van der Waals surface area (Å²) in [5, 5.41) is 5.81. The molecule has 4 heterocycles. The molecule has 0 fully saturated rings. The van der Waals surface area contributed by atoms with Gasteiger partial charge in [0.05, 0.1) is 28.6 Å². The molecule has 10 heteroatoms. The molecule has 0 aromatic carbocycles. The lowest BCUT2D eigenvalue weighted by molar-refractivity contribution is 0.252. The Morgan fingerprint density at radius 1 is 1.21 bits per heavy atom. The van der Waals surface area contributed by atoms with Crippen LogP contribution in [0.5, 0.6) is 0 Å². The van der Waals surface area contributed by atoms with E-state index in [1.807, 2.05) is 6.92 Å². The SMILES string of the molecule is CCNC(=O)Nc1cn(-c2ncc(Cl)cn2)c2cc(-c3cccnc3F)cnc12. The second-order valence-electron chi connectivity index (χ2n) is 6.03. The maximum atomic E-state index is 14.2. The summed E-state index contributed by atoms with van der Waals surface area (Å²) in [6.45, 7) is 2.29. The highest BCUT2D eigenvalue weighted by molar-refractivity contribution is 6.30. The lowest BCUT2D eigenvalue weighted by Gasteiger charge is -2.06. The average Bonchev–Trinajstić information content (AvgIpc) is 3.07. The zero-order chi connectivity index (χ0) is 20.4. The van der Waals surface area contributed by atoms with E-state index in [1.54, 1.807) is 29.0 Å². The van der Waals surface area contributed by atoms with E-state index < -0.39 is 5.95 Å². The highest BCUT2D eigenvalue weighted by Crippen LogP contribution is 2.30. The van der Waals surface area contributed by atoms with Crippen LogP contribution in [0.1, 0.15) is 6.92 Å². The molecule has 4 aromatic heterocycles. The first kappa shape index (κ1) is 18.8. The summed E-state index contributed by atoms with van der Waals surface area (Å²) in [7, 11) is 0. The van der Waals surface area contributed by atoms with Crippen LogP contribution in [0, 0.1) is 5.95 Å². The van der Waals surface area contributed by atoms with Gasteiger partial charge in [0.2, 0.25) is 11.9 Å². The van der Waals surface area contributed by atoms with Crippen LogP contribution in [0.3, 0.4) is 0 Å². The molecule has 0 aliphatic carbocycles. The summed E-state index contributed by atoms with van der Waals surface area (Å²) in [5.74, 6) is -0.274. The normalized spacial score (nSPS) is 10.9. The molecule has 146 valence electrons. The number of hydrogen-bond donors (Lipinski definition) is 2. The molecule has 4 rings (SSSR count). The summed E-state index contributed by atoms with van der Waals surface area (Å²) in [6, 6.07) is 4.63. The van der Waals surface area contributed by atoms with Crippen LogP contribution in [-0.2, 0) is 0 Å². The van der Waals surface area contributed by atoms with E-state index in [2.05, 4.69) is 30.6 Å². The van der Waals surface area contributed by atoms with Gasteiger partial charge in [-0.05, 0) is 25.1 Å². The molecule has 0 aliphatic rings. The number of carbonyl (C=O) groups excluding carboxylic acids is 1. The standard InChI is InChI=1S/C19H15ClFN7O/c1-2-22-19(29)27-14-10-28(18-25-8-12(20)9-26-18)15-6-11(7-24-16(14)15)13-4-3-5-23-17(13)21/h3-10H,2H2,1H3,(H2,22,27,29). The molecule has 0 atom stereocenters. The lowest BCUT2D eigenvalue weighted by Crippen LogP contribution is -2.28. The van der Waals surface area contributed by atoms with E-state index >= 15 is 0 Å². The van der Waals surface area contributed by atoms with E-state index in [0.717, 1.165) is 0 Å². The number of urea groups is 1. The molecule has 2 amide bonds. The van der Waals surface area contributed by atoms with Crippen LogP contribution in [0.25, 0.3) is 28.1 Å². The van der Waals surface area contributed by atoms with Crippen LogP contribution in [0.4, 0.5) is 14.9 Å². The van der Waals surface area contributed by atoms with Crippen LogP contribution in [-0.4, -0.2) is 37.1 Å². The van der Waals surface area contributed by atoms with Crippen molar-refractivity contribution < 1.29 is 9.18 Å². The fraction of sp³-hybridized carbons (Fsp3) is 0.105. The highest BCUT2D eigenvalue weighted by Gasteiger charge is 2.17. The van der Waals surface area contributed by atoms with Gasteiger partial charge in [0, 0.05) is 36.3 Å². The third kappa shape index (κ3) is 3.72. The summed E-state index contributed by atoms with van der Waals surface area (Å²) in [4.78, 5) is 28.6. The summed E-state index contributed by atoms with van der Waals surface area (Å²) >= 11 is 5.89. The van der Waals surface area contributed by atoms with Crippen LogP contribution >= 0.6 is 11.6 Å². The predicted molar refractivity (Wildman–Crippen MR) is 108 cm³/mol. The minimum atomic E-state index is -0.602. The Labute approximate surface area is 169 Å². The van der Waals surface area contributed by atoms with Gasteiger partial charge in [0.1, 0.15) is 5.52 Å². The number of halogens is 2. The topological polar surface area (TPSA) is 97.6 Å². The summed E-state index contributed by atoms with van der Waals surface area (Å²) < 4.78 is 15.8. The molecule has 0 saturated carbocycles. The average molecular weight is 412 g/mol. The molecule has 4 aromatic rings. The van der Waals surface area contributed by atoms with E-state index in [1.165, 1.54) is 24.8 Å². The van der Waals surface area contributed by atoms with Crippen molar-refractivity contribution in [2.45, 2.75) is 6.92 Å². The van der Waals surface area contributed by atoms with Gasteiger partial charge < -0.3 is 10.6 Å². The number of amides is 2. The maximum Gasteiger partial charge on any atom is 0.319 e. The lowest BCUT2D eigenvalue weighted by atomic mass is 10.1. The number of carbonyl (C=O) groups is 1. The van der Waals surface area contributed by atoms with Crippen LogP contribution in [0.15, 0.2) is 49.2 Å². The molecule has 0 aliphatic heterocycles. The number of nitrogens with zero attached hydrogens (tertiary/aromatic N) is 5. The van der Waals surface area contributed by atoms with Gasteiger partial charge in [0.25, 0.3) is 0 Å². The molecule has 0 spiro atoms. The van der Waals surface area contributed by atoms with Crippen molar-refractivity contribution in [2.75, 3.05) is 11.9 Å². The molecule has 0 radical (unpaired) electrons. The smallest absolute Gasteiger partial charge is 0.319 e. The monoisotopic (exact) mass is 411 g/mol. The Morgan fingerprint density at radius 3 is 2.72 bits per heavy atom. The number of hydrogen-bond acceptors (Lipinski definition) is 5. The number of fused-ring (bicyclic) bond motifs is 1. The molecule has 0 saturated heterocycles. The van der Waals surface area contributed by atoms with E-state index in [9.17, 15) is 9.18 Å². The minimum Gasteiger partial charge on any atom is -0.338 e. The Hall–Kier alpha value is -3.59. The Morgan fingerprint density at radius 2 is 2.00 bits per heavy atom. The number of aromatic nitrogens is 5. The zero-order valence-corrected chi connectivity index (χ0v) is 16.0. The van der Waals surface area contributed by atoms with E-state index in [4.69, 9.17) is 11.6 Å². The van der Waals surface area contributed by atoms with Crippen molar-refractivity contribution in [1.29, 1.82) is 0 Å². The number of anilines is 1. The van der Waals surface area contributed by atoms with Crippen molar-refractivity contribution in [3.63, 3.8) is 0 Å². The van der Waals surface area contributed by atoms with Gasteiger partial charge >= 0.3 is 6.03 Å². The first-order valence-corrected chi connectivity index (χ1v) is 9.09. The van der Waals surface area contributed by atoms with Gasteiger partial charge in [-0.15, -0.1) is 0 Å². The van der Waals surface area contributed by atoms with Crippen molar-refractivity contribution in [2.24, 2.45) is 0 Å². The molecule has 29 heavy (non-hydrogen) atoms. The van der Waals surface area contributed by atoms with Crippen molar-refractivity contribution in [3.05, 3.63) is 60.2 Å². The van der Waals surface area contributed by atoms with Gasteiger partial charge in [0.15, 0.2) is 0 Å². The van der Waals surface area contributed by atoms with Crippen LogP contribution in [0.2, 0.25) is 5.02 Å². The van der Waals surface area contributed by atoms with E-state index in [0.29, 0.717) is 45.4 Å². The second kappa shape index (κ2) is 7.80. The van der Waals surface area contributed by atoms with Crippen molar-refractivity contribution >= 4 is 34.4 Å². The maximum absolute atomic E-state index is 14.2. The third-order valence-corrected chi connectivity index (χ3v) is 4.31. The fourth-order valence-electron chi connectivity index (χ4n) is 2.87. The molecular formula is C19H15ClFN7O. The van der Waals surface area contributed by atoms with Crippen molar-refractivity contribution in [1.82, 2.24) is 29.8 Å². The number of rotatable bonds is 4. The van der Waals surface area contributed by atoms with Gasteiger partial charge in [-0.25, -0.2) is 19.7 Å². The third-order valence-electron chi connectivity index (χ3n) is 4.12.